The number of carbonyl (C=O) groups is 1. The molecule has 0 bridgehead atoms. The third kappa shape index (κ3) is 3.91. The number of rotatable bonds is 2. The lowest BCUT2D eigenvalue weighted by atomic mass is 10.1. The normalized spacial score (nSPS) is 9.67. The van der Waals surface area contributed by atoms with Crippen molar-refractivity contribution >= 4 is 11.6 Å². The molecule has 1 amide bonds. The van der Waals surface area contributed by atoms with Crippen LogP contribution < -0.4 is 11.1 Å². The minimum atomic E-state index is -0.299. The van der Waals surface area contributed by atoms with Gasteiger partial charge in [-0.2, -0.15) is 0 Å². The van der Waals surface area contributed by atoms with Gasteiger partial charge in [0.1, 0.15) is 5.82 Å². The molecule has 21 heavy (non-hydrogen) atoms. The van der Waals surface area contributed by atoms with Crippen LogP contribution in [-0.2, 0) is 0 Å². The SMILES string of the molecule is Cc1cc(NC(=O)c2cccc(C#CCN)c2)ccc1F. The minimum absolute atomic E-state index is 0.266. The Morgan fingerprint density at radius 2 is 2.10 bits per heavy atom. The van der Waals surface area contributed by atoms with Crippen molar-refractivity contribution in [1.29, 1.82) is 0 Å². The van der Waals surface area contributed by atoms with Crippen LogP contribution >= 0.6 is 0 Å². The Bertz CT molecular complexity index is 729. The maximum absolute atomic E-state index is 13.2. The topological polar surface area (TPSA) is 55.1 Å². The number of anilines is 1. The fourth-order valence-electron chi connectivity index (χ4n) is 1.82. The summed E-state index contributed by atoms with van der Waals surface area (Å²) in [5, 5.41) is 2.73. The van der Waals surface area contributed by atoms with Gasteiger partial charge in [0, 0.05) is 16.8 Å². The van der Waals surface area contributed by atoms with Crippen LogP contribution in [-0.4, -0.2) is 12.5 Å². The lowest BCUT2D eigenvalue weighted by Crippen LogP contribution is -2.12. The number of benzene rings is 2. The van der Waals surface area contributed by atoms with Gasteiger partial charge in [-0.1, -0.05) is 17.9 Å². The van der Waals surface area contributed by atoms with E-state index < -0.39 is 0 Å². The number of hydrogen-bond acceptors (Lipinski definition) is 2. The number of nitrogens with one attached hydrogen (secondary N) is 1. The third-order valence-electron chi connectivity index (χ3n) is 2.88. The van der Waals surface area contributed by atoms with Crippen molar-refractivity contribution in [3.63, 3.8) is 0 Å². The quantitative estimate of drug-likeness (QED) is 0.832. The van der Waals surface area contributed by atoms with Gasteiger partial charge >= 0.3 is 0 Å². The molecule has 0 aromatic heterocycles. The first kappa shape index (κ1) is 14.8. The Morgan fingerprint density at radius 3 is 2.81 bits per heavy atom. The van der Waals surface area contributed by atoms with Gasteiger partial charge in [0.05, 0.1) is 6.54 Å². The predicted octanol–water partition coefficient (Wildman–Crippen LogP) is 2.70. The van der Waals surface area contributed by atoms with Crippen molar-refractivity contribution < 1.29 is 9.18 Å². The molecule has 0 atom stereocenters. The average molecular weight is 282 g/mol. The molecule has 0 saturated carbocycles. The first-order valence-corrected chi connectivity index (χ1v) is 6.46. The van der Waals surface area contributed by atoms with Gasteiger partial charge in [0.15, 0.2) is 0 Å². The van der Waals surface area contributed by atoms with E-state index in [-0.39, 0.29) is 18.3 Å². The van der Waals surface area contributed by atoms with Crippen LogP contribution in [0.25, 0.3) is 0 Å². The second-order valence-corrected chi connectivity index (χ2v) is 4.50. The Balaban J connectivity index is 2.18. The number of nitrogens with two attached hydrogens (primary N) is 1. The predicted molar refractivity (Wildman–Crippen MR) is 81.5 cm³/mol. The van der Waals surface area contributed by atoms with E-state index in [1.165, 1.54) is 12.1 Å². The second kappa shape index (κ2) is 6.69. The minimum Gasteiger partial charge on any atom is -0.322 e. The van der Waals surface area contributed by atoms with E-state index in [0.29, 0.717) is 16.8 Å². The highest BCUT2D eigenvalue weighted by molar-refractivity contribution is 6.04. The lowest BCUT2D eigenvalue weighted by molar-refractivity contribution is 0.102. The van der Waals surface area contributed by atoms with Gasteiger partial charge in [-0.25, -0.2) is 4.39 Å². The molecule has 0 aliphatic carbocycles. The maximum atomic E-state index is 13.2. The maximum Gasteiger partial charge on any atom is 0.255 e. The fraction of sp³-hybridized carbons (Fsp3) is 0.118. The van der Waals surface area contributed by atoms with Crippen LogP contribution in [0.4, 0.5) is 10.1 Å². The Morgan fingerprint density at radius 1 is 1.29 bits per heavy atom. The molecule has 0 spiro atoms. The van der Waals surface area contributed by atoms with E-state index in [1.54, 1.807) is 31.2 Å². The Kier molecular flexibility index (Phi) is 4.70. The van der Waals surface area contributed by atoms with E-state index >= 15 is 0 Å². The largest absolute Gasteiger partial charge is 0.322 e. The number of amides is 1. The summed E-state index contributed by atoms with van der Waals surface area (Å²) in [5.41, 5.74) is 7.57. The van der Waals surface area contributed by atoms with Gasteiger partial charge in [-0.3, -0.25) is 4.79 Å². The average Bonchev–Trinajstić information content (AvgIpc) is 2.49. The van der Waals surface area contributed by atoms with E-state index in [0.717, 1.165) is 5.56 Å². The molecule has 2 aromatic rings. The summed E-state index contributed by atoms with van der Waals surface area (Å²) in [7, 11) is 0. The molecule has 0 aliphatic rings. The van der Waals surface area contributed by atoms with Gasteiger partial charge in [-0.15, -0.1) is 0 Å². The number of carbonyl (C=O) groups excluding carboxylic acids is 1. The van der Waals surface area contributed by atoms with Crippen LogP contribution in [0.3, 0.4) is 0 Å². The molecule has 106 valence electrons. The monoisotopic (exact) mass is 282 g/mol. The fourth-order valence-corrected chi connectivity index (χ4v) is 1.82. The van der Waals surface area contributed by atoms with Crippen LogP contribution in [0.15, 0.2) is 42.5 Å². The molecular formula is C17H15FN2O. The van der Waals surface area contributed by atoms with Crippen molar-refractivity contribution in [2.24, 2.45) is 5.73 Å². The zero-order valence-corrected chi connectivity index (χ0v) is 11.6. The molecular weight excluding hydrogens is 267 g/mol. The summed E-state index contributed by atoms with van der Waals surface area (Å²) in [5.74, 6) is 5.05. The van der Waals surface area contributed by atoms with E-state index in [4.69, 9.17) is 5.73 Å². The number of aryl methyl sites for hydroxylation is 1. The van der Waals surface area contributed by atoms with E-state index in [1.807, 2.05) is 6.07 Å². The highest BCUT2D eigenvalue weighted by Gasteiger charge is 2.07. The van der Waals surface area contributed by atoms with Crippen LogP contribution in [0.1, 0.15) is 21.5 Å². The highest BCUT2D eigenvalue weighted by atomic mass is 19.1. The third-order valence-corrected chi connectivity index (χ3v) is 2.88. The van der Waals surface area contributed by atoms with E-state index in [9.17, 15) is 9.18 Å². The molecule has 2 rings (SSSR count). The number of halogens is 1. The molecule has 0 saturated heterocycles. The van der Waals surface area contributed by atoms with Crippen LogP contribution in [0.2, 0.25) is 0 Å². The molecule has 2 aromatic carbocycles. The van der Waals surface area contributed by atoms with Gasteiger partial charge in [0.25, 0.3) is 5.91 Å². The molecule has 0 heterocycles. The molecule has 0 unspecified atom stereocenters. The van der Waals surface area contributed by atoms with Gasteiger partial charge in [-0.05, 0) is 48.9 Å². The Hall–Kier alpha value is -2.64. The summed E-state index contributed by atoms with van der Waals surface area (Å²) in [6.45, 7) is 1.92. The molecule has 4 heteroatoms. The standard InChI is InChI=1S/C17H15FN2O/c1-12-10-15(7-8-16(12)18)20-17(21)14-6-2-4-13(11-14)5-3-9-19/h2,4,6-8,10-11H,9,19H2,1H3,(H,20,21). The van der Waals surface area contributed by atoms with Crippen molar-refractivity contribution in [2.45, 2.75) is 6.92 Å². The smallest absolute Gasteiger partial charge is 0.255 e. The summed E-state index contributed by atoms with van der Waals surface area (Å²) in [6, 6.07) is 11.4. The zero-order chi connectivity index (χ0) is 15.2. The van der Waals surface area contributed by atoms with Crippen LogP contribution in [0, 0.1) is 24.6 Å². The van der Waals surface area contributed by atoms with Crippen LogP contribution in [0.5, 0.6) is 0 Å². The molecule has 0 radical (unpaired) electrons. The summed E-state index contributed by atoms with van der Waals surface area (Å²) in [4.78, 5) is 12.2. The van der Waals surface area contributed by atoms with Gasteiger partial charge in [0.2, 0.25) is 0 Å². The van der Waals surface area contributed by atoms with Crippen molar-refractivity contribution in [3.05, 3.63) is 65.0 Å². The van der Waals surface area contributed by atoms with Gasteiger partial charge < -0.3 is 11.1 Å². The molecule has 3 nitrogen and oxygen atoms in total. The molecule has 3 N–H and O–H groups in total. The molecule has 0 aliphatic heterocycles. The van der Waals surface area contributed by atoms with Crippen molar-refractivity contribution in [3.8, 4) is 11.8 Å². The lowest BCUT2D eigenvalue weighted by Gasteiger charge is -2.07. The zero-order valence-electron chi connectivity index (χ0n) is 11.6. The van der Waals surface area contributed by atoms with Crippen molar-refractivity contribution in [2.75, 3.05) is 11.9 Å². The summed E-state index contributed by atoms with van der Waals surface area (Å²) in [6.07, 6.45) is 0. The number of hydrogen-bond donors (Lipinski definition) is 2. The highest BCUT2D eigenvalue weighted by Crippen LogP contribution is 2.15. The Labute approximate surface area is 123 Å². The molecule has 0 fully saturated rings. The first-order chi connectivity index (χ1) is 10.1. The summed E-state index contributed by atoms with van der Waals surface area (Å²) < 4.78 is 13.2. The summed E-state index contributed by atoms with van der Waals surface area (Å²) >= 11 is 0. The first-order valence-electron chi connectivity index (χ1n) is 6.46. The van der Waals surface area contributed by atoms with Crippen molar-refractivity contribution in [1.82, 2.24) is 0 Å². The van der Waals surface area contributed by atoms with E-state index in [2.05, 4.69) is 17.2 Å². The second-order valence-electron chi connectivity index (χ2n) is 4.50.